The van der Waals surface area contributed by atoms with Gasteiger partial charge >= 0.3 is 0 Å². The van der Waals surface area contributed by atoms with Crippen molar-refractivity contribution < 1.29 is 9.47 Å². The van der Waals surface area contributed by atoms with Crippen LogP contribution in [0.2, 0.25) is 0 Å². The summed E-state index contributed by atoms with van der Waals surface area (Å²) in [5.74, 6) is 0.919. The topological polar surface area (TPSA) is 47.7 Å². The molecule has 0 bridgehead atoms. The third kappa shape index (κ3) is 4.20. The summed E-state index contributed by atoms with van der Waals surface area (Å²) in [5, 5.41) is 0. The molecule has 0 radical (unpaired) electrons. The molecule has 1 aromatic carbocycles. The van der Waals surface area contributed by atoms with Gasteiger partial charge in [0.15, 0.2) is 0 Å². The van der Waals surface area contributed by atoms with E-state index in [1.807, 2.05) is 18.2 Å². The van der Waals surface area contributed by atoms with E-state index in [1.54, 1.807) is 14.2 Å². The molecule has 0 aliphatic carbocycles. The summed E-state index contributed by atoms with van der Waals surface area (Å²) in [6.45, 7) is 4.33. The van der Waals surface area contributed by atoms with Gasteiger partial charge in [0.1, 0.15) is 5.75 Å². The first-order chi connectivity index (χ1) is 9.07. The number of para-hydroxylation sites is 1. The van der Waals surface area contributed by atoms with Crippen LogP contribution in [0.1, 0.15) is 12.5 Å². The van der Waals surface area contributed by atoms with Gasteiger partial charge in [-0.1, -0.05) is 18.2 Å². The second-order valence-electron chi connectivity index (χ2n) is 5.10. The number of nitrogens with two attached hydrogens (primary N) is 1. The van der Waals surface area contributed by atoms with Crippen molar-refractivity contribution >= 4 is 0 Å². The summed E-state index contributed by atoms with van der Waals surface area (Å²) < 4.78 is 10.6. The summed E-state index contributed by atoms with van der Waals surface area (Å²) >= 11 is 0. The van der Waals surface area contributed by atoms with Crippen LogP contribution in [0, 0.1) is 0 Å². The highest BCUT2D eigenvalue weighted by Crippen LogP contribution is 2.25. The normalized spacial score (nSPS) is 14.4. The molecule has 0 heterocycles. The molecule has 1 rings (SSSR count). The lowest BCUT2D eigenvalue weighted by Crippen LogP contribution is -2.52. The second kappa shape index (κ2) is 7.48. The van der Waals surface area contributed by atoms with Gasteiger partial charge in [-0.25, -0.2) is 0 Å². The summed E-state index contributed by atoms with van der Waals surface area (Å²) in [6.07, 6.45) is 0.855. The van der Waals surface area contributed by atoms with Crippen molar-refractivity contribution in [2.75, 3.05) is 41.0 Å². The zero-order valence-electron chi connectivity index (χ0n) is 12.5. The summed E-state index contributed by atoms with van der Waals surface area (Å²) in [6, 6.07) is 8.10. The predicted molar refractivity (Wildman–Crippen MR) is 78.7 cm³/mol. The molecule has 1 aromatic rings. The van der Waals surface area contributed by atoms with Crippen molar-refractivity contribution in [3.8, 4) is 5.75 Å². The highest BCUT2D eigenvalue weighted by Gasteiger charge is 2.28. The number of benzene rings is 1. The number of methoxy groups -OCH3 is 2. The van der Waals surface area contributed by atoms with Gasteiger partial charge in [-0.2, -0.15) is 0 Å². The van der Waals surface area contributed by atoms with Crippen molar-refractivity contribution in [1.82, 2.24) is 4.90 Å². The van der Waals surface area contributed by atoms with Crippen LogP contribution in [0.5, 0.6) is 5.75 Å². The average molecular weight is 266 g/mol. The zero-order valence-corrected chi connectivity index (χ0v) is 12.5. The largest absolute Gasteiger partial charge is 0.496 e. The highest BCUT2D eigenvalue weighted by molar-refractivity contribution is 5.34. The Morgan fingerprint density at radius 2 is 1.95 bits per heavy atom. The van der Waals surface area contributed by atoms with Crippen molar-refractivity contribution in [2.24, 2.45) is 5.73 Å². The first-order valence-corrected chi connectivity index (χ1v) is 6.59. The molecule has 0 aliphatic heterocycles. The fourth-order valence-corrected chi connectivity index (χ4v) is 2.12. The standard InChI is InChI=1S/C15H26N2O2/c1-15(12-16,17(2)9-10-18-3)11-13-7-5-6-8-14(13)19-4/h5-8H,9-12,16H2,1-4H3. The van der Waals surface area contributed by atoms with Gasteiger partial charge in [0.25, 0.3) is 0 Å². The molecule has 0 aromatic heterocycles. The Bertz CT molecular complexity index is 384. The molecular weight excluding hydrogens is 240 g/mol. The molecule has 4 nitrogen and oxygen atoms in total. The maximum atomic E-state index is 6.00. The predicted octanol–water partition coefficient (Wildman–Crippen LogP) is 1.53. The third-order valence-corrected chi connectivity index (χ3v) is 3.76. The van der Waals surface area contributed by atoms with Crippen LogP contribution in [0.25, 0.3) is 0 Å². The molecule has 2 N–H and O–H groups in total. The molecule has 108 valence electrons. The molecule has 0 fully saturated rings. The lowest BCUT2D eigenvalue weighted by Gasteiger charge is -2.38. The minimum absolute atomic E-state index is 0.104. The maximum Gasteiger partial charge on any atom is 0.122 e. The van der Waals surface area contributed by atoms with E-state index >= 15 is 0 Å². The van der Waals surface area contributed by atoms with E-state index in [2.05, 4.69) is 24.9 Å². The summed E-state index contributed by atoms with van der Waals surface area (Å²) in [4.78, 5) is 2.25. The monoisotopic (exact) mass is 266 g/mol. The van der Waals surface area contributed by atoms with Crippen molar-refractivity contribution in [2.45, 2.75) is 18.9 Å². The Kier molecular flexibility index (Phi) is 6.28. The van der Waals surface area contributed by atoms with Crippen LogP contribution < -0.4 is 10.5 Å². The SMILES string of the molecule is COCCN(C)C(C)(CN)Cc1ccccc1OC. The van der Waals surface area contributed by atoms with Crippen molar-refractivity contribution in [3.63, 3.8) is 0 Å². The molecule has 1 unspecified atom stereocenters. The average Bonchev–Trinajstić information content (AvgIpc) is 2.45. The van der Waals surface area contributed by atoms with Crippen LogP contribution in [-0.2, 0) is 11.2 Å². The van der Waals surface area contributed by atoms with E-state index in [0.29, 0.717) is 13.2 Å². The lowest BCUT2D eigenvalue weighted by atomic mass is 9.90. The van der Waals surface area contributed by atoms with Crippen molar-refractivity contribution in [1.29, 1.82) is 0 Å². The first kappa shape index (κ1) is 16.0. The summed E-state index contributed by atoms with van der Waals surface area (Å²) in [7, 11) is 5.50. The van der Waals surface area contributed by atoms with E-state index in [1.165, 1.54) is 5.56 Å². The number of likely N-dealkylation sites (N-methyl/N-ethyl adjacent to an activating group) is 1. The number of nitrogens with zero attached hydrogens (tertiary/aromatic N) is 1. The van der Waals surface area contributed by atoms with Gasteiger partial charge < -0.3 is 15.2 Å². The van der Waals surface area contributed by atoms with E-state index in [0.717, 1.165) is 18.7 Å². The van der Waals surface area contributed by atoms with Gasteiger partial charge in [-0.15, -0.1) is 0 Å². The first-order valence-electron chi connectivity index (χ1n) is 6.59. The molecular formula is C15H26N2O2. The van der Waals surface area contributed by atoms with Gasteiger partial charge in [-0.05, 0) is 32.0 Å². The molecule has 4 heteroatoms. The van der Waals surface area contributed by atoms with E-state index < -0.39 is 0 Å². The Morgan fingerprint density at radius 1 is 1.26 bits per heavy atom. The van der Waals surface area contributed by atoms with E-state index in [-0.39, 0.29) is 5.54 Å². The Hall–Kier alpha value is -1.10. The van der Waals surface area contributed by atoms with Crippen LogP contribution in [0.3, 0.4) is 0 Å². The Labute approximate surface area is 116 Å². The van der Waals surface area contributed by atoms with Crippen LogP contribution in [-0.4, -0.2) is 51.4 Å². The number of ether oxygens (including phenoxy) is 2. The zero-order chi connectivity index (χ0) is 14.3. The van der Waals surface area contributed by atoms with Crippen molar-refractivity contribution in [3.05, 3.63) is 29.8 Å². The second-order valence-corrected chi connectivity index (χ2v) is 5.10. The molecule has 1 atom stereocenters. The van der Waals surface area contributed by atoms with E-state index in [4.69, 9.17) is 15.2 Å². The molecule has 0 aliphatic rings. The minimum atomic E-state index is -0.104. The van der Waals surface area contributed by atoms with Gasteiger partial charge in [0, 0.05) is 25.7 Å². The molecule has 19 heavy (non-hydrogen) atoms. The minimum Gasteiger partial charge on any atom is -0.496 e. The molecule has 0 saturated carbocycles. The fraction of sp³-hybridized carbons (Fsp3) is 0.600. The smallest absolute Gasteiger partial charge is 0.122 e. The maximum absolute atomic E-state index is 6.00. The van der Waals surface area contributed by atoms with Gasteiger partial charge in [-0.3, -0.25) is 4.90 Å². The van der Waals surface area contributed by atoms with E-state index in [9.17, 15) is 0 Å². The highest BCUT2D eigenvalue weighted by atomic mass is 16.5. The number of hydrogen-bond acceptors (Lipinski definition) is 4. The molecule has 0 amide bonds. The van der Waals surface area contributed by atoms with Gasteiger partial charge in [0.05, 0.1) is 13.7 Å². The summed E-state index contributed by atoms with van der Waals surface area (Å²) in [5.41, 5.74) is 7.07. The molecule has 0 saturated heterocycles. The Balaban J connectivity index is 2.84. The van der Waals surface area contributed by atoms with Gasteiger partial charge in [0.2, 0.25) is 0 Å². The lowest BCUT2D eigenvalue weighted by molar-refractivity contribution is 0.0938. The third-order valence-electron chi connectivity index (χ3n) is 3.76. The molecule has 0 spiro atoms. The van der Waals surface area contributed by atoms with Crippen LogP contribution in [0.15, 0.2) is 24.3 Å². The fourth-order valence-electron chi connectivity index (χ4n) is 2.12. The van der Waals surface area contributed by atoms with Crippen LogP contribution in [0.4, 0.5) is 0 Å². The quantitative estimate of drug-likeness (QED) is 0.775. The number of hydrogen-bond donors (Lipinski definition) is 1. The Morgan fingerprint density at radius 3 is 2.53 bits per heavy atom. The number of rotatable bonds is 8. The van der Waals surface area contributed by atoms with Crippen LogP contribution >= 0.6 is 0 Å².